The molecule has 1 fully saturated rings. The molecule has 0 saturated carbocycles. The maximum Gasteiger partial charge on any atom is 0.259 e. The molecule has 4 rings (SSSR count). The second kappa shape index (κ2) is 7.36. The summed E-state index contributed by atoms with van der Waals surface area (Å²) in [7, 11) is 0. The van der Waals surface area contributed by atoms with Crippen molar-refractivity contribution in [2.45, 2.75) is 6.92 Å². The molecule has 1 aliphatic rings. The van der Waals surface area contributed by atoms with E-state index in [1.807, 2.05) is 42.2 Å². The van der Waals surface area contributed by atoms with Crippen molar-refractivity contribution in [3.05, 3.63) is 65.2 Å². The average molecular weight is 383 g/mol. The number of anilines is 1. The van der Waals surface area contributed by atoms with E-state index in [-0.39, 0.29) is 5.91 Å². The minimum atomic E-state index is -0.0895. The second-order valence-corrected chi connectivity index (χ2v) is 6.68. The van der Waals surface area contributed by atoms with E-state index in [9.17, 15) is 4.79 Å². The number of para-hydroxylation sites is 1. The molecule has 3 aromatic rings. The molecule has 8 heteroatoms. The van der Waals surface area contributed by atoms with E-state index in [1.165, 1.54) is 0 Å². The van der Waals surface area contributed by atoms with Gasteiger partial charge in [0.05, 0.1) is 16.9 Å². The first kappa shape index (κ1) is 17.5. The summed E-state index contributed by atoms with van der Waals surface area (Å²) in [6.07, 6.45) is 3.45. The van der Waals surface area contributed by atoms with Gasteiger partial charge in [0.25, 0.3) is 5.91 Å². The van der Waals surface area contributed by atoms with E-state index in [4.69, 9.17) is 11.6 Å². The number of hydrogen-bond donors (Lipinski definition) is 0. The Morgan fingerprint density at radius 2 is 1.67 bits per heavy atom. The molecule has 0 bridgehead atoms. The van der Waals surface area contributed by atoms with E-state index in [2.05, 4.69) is 20.0 Å². The van der Waals surface area contributed by atoms with E-state index < -0.39 is 0 Å². The highest BCUT2D eigenvalue weighted by Crippen LogP contribution is 2.25. The quantitative estimate of drug-likeness (QED) is 0.696. The third kappa shape index (κ3) is 3.38. The number of carbonyl (C=O) groups is 1. The van der Waals surface area contributed by atoms with Crippen molar-refractivity contribution < 1.29 is 4.79 Å². The molecule has 0 radical (unpaired) electrons. The summed E-state index contributed by atoms with van der Waals surface area (Å²) in [4.78, 5) is 25.5. The van der Waals surface area contributed by atoms with Crippen LogP contribution in [0.5, 0.6) is 0 Å². The number of nitrogens with zero attached hydrogens (tertiary/aromatic N) is 6. The van der Waals surface area contributed by atoms with Crippen LogP contribution in [0, 0.1) is 6.92 Å². The zero-order valence-corrected chi connectivity index (χ0v) is 15.7. The molecule has 0 aliphatic carbocycles. The van der Waals surface area contributed by atoms with Crippen molar-refractivity contribution >= 4 is 23.5 Å². The molecule has 0 atom stereocenters. The fraction of sp³-hybridized carbons (Fsp3) is 0.263. The summed E-state index contributed by atoms with van der Waals surface area (Å²) in [5.41, 5.74) is 1.92. The van der Waals surface area contributed by atoms with Crippen LogP contribution in [0.1, 0.15) is 16.1 Å². The van der Waals surface area contributed by atoms with Gasteiger partial charge in [0.2, 0.25) is 5.95 Å². The van der Waals surface area contributed by atoms with Crippen LogP contribution in [-0.4, -0.2) is 56.7 Å². The van der Waals surface area contributed by atoms with E-state index in [0.29, 0.717) is 48.5 Å². The van der Waals surface area contributed by atoms with Gasteiger partial charge in [-0.15, -0.1) is 0 Å². The van der Waals surface area contributed by atoms with Gasteiger partial charge in [-0.25, -0.2) is 14.6 Å². The van der Waals surface area contributed by atoms with Crippen LogP contribution in [-0.2, 0) is 0 Å². The molecule has 7 nitrogen and oxygen atoms in total. The van der Waals surface area contributed by atoms with Gasteiger partial charge >= 0.3 is 0 Å². The van der Waals surface area contributed by atoms with Crippen molar-refractivity contribution in [3.8, 4) is 5.69 Å². The third-order valence-electron chi connectivity index (χ3n) is 4.62. The predicted molar refractivity (Wildman–Crippen MR) is 103 cm³/mol. The Hall–Kier alpha value is -2.93. The fourth-order valence-corrected chi connectivity index (χ4v) is 3.56. The Labute approximate surface area is 162 Å². The van der Waals surface area contributed by atoms with Crippen molar-refractivity contribution in [2.24, 2.45) is 0 Å². The number of carbonyl (C=O) groups excluding carboxylic acids is 1. The highest BCUT2D eigenvalue weighted by atomic mass is 35.5. The minimum Gasteiger partial charge on any atom is -0.337 e. The molecule has 3 heterocycles. The molecule has 1 aliphatic heterocycles. The number of aryl methyl sites for hydroxylation is 1. The van der Waals surface area contributed by atoms with Crippen molar-refractivity contribution in [3.63, 3.8) is 0 Å². The van der Waals surface area contributed by atoms with Gasteiger partial charge in [0.1, 0.15) is 5.15 Å². The van der Waals surface area contributed by atoms with Crippen LogP contribution < -0.4 is 4.90 Å². The van der Waals surface area contributed by atoms with Gasteiger partial charge in [-0.1, -0.05) is 29.8 Å². The van der Waals surface area contributed by atoms with Crippen LogP contribution in [0.3, 0.4) is 0 Å². The van der Waals surface area contributed by atoms with Gasteiger partial charge in [-0.3, -0.25) is 4.79 Å². The van der Waals surface area contributed by atoms with Crippen LogP contribution in [0.2, 0.25) is 5.15 Å². The topological polar surface area (TPSA) is 67.2 Å². The SMILES string of the molecule is Cc1nn(-c2ccccc2)c(Cl)c1C(=O)N1CCN(c2ncccn2)CC1. The number of amides is 1. The second-order valence-electron chi connectivity index (χ2n) is 6.33. The first-order valence-corrected chi connectivity index (χ1v) is 9.14. The molecular formula is C19H19ClN6O. The summed E-state index contributed by atoms with van der Waals surface area (Å²) >= 11 is 6.53. The zero-order chi connectivity index (χ0) is 18.8. The molecule has 1 amide bonds. The number of piperazine rings is 1. The Balaban J connectivity index is 1.52. The molecule has 2 aromatic heterocycles. The van der Waals surface area contributed by atoms with Gasteiger partial charge in [0, 0.05) is 38.6 Å². The van der Waals surface area contributed by atoms with E-state index in [0.717, 1.165) is 5.69 Å². The highest BCUT2D eigenvalue weighted by Gasteiger charge is 2.28. The largest absolute Gasteiger partial charge is 0.337 e. The van der Waals surface area contributed by atoms with Crippen molar-refractivity contribution in [1.82, 2.24) is 24.6 Å². The molecule has 1 aromatic carbocycles. The molecule has 0 N–H and O–H groups in total. The molecule has 0 unspecified atom stereocenters. The summed E-state index contributed by atoms with van der Waals surface area (Å²) in [6.45, 7) is 4.35. The summed E-state index contributed by atoms with van der Waals surface area (Å²) in [6, 6.07) is 11.4. The lowest BCUT2D eigenvalue weighted by Gasteiger charge is -2.34. The predicted octanol–water partition coefficient (Wildman–Crippen LogP) is 2.59. The first-order chi connectivity index (χ1) is 13.1. The third-order valence-corrected chi connectivity index (χ3v) is 4.97. The average Bonchev–Trinajstić information content (AvgIpc) is 3.03. The fourth-order valence-electron chi connectivity index (χ4n) is 3.20. The number of aromatic nitrogens is 4. The minimum absolute atomic E-state index is 0.0895. The molecule has 27 heavy (non-hydrogen) atoms. The number of benzene rings is 1. The Morgan fingerprint density at radius 1 is 1.00 bits per heavy atom. The smallest absolute Gasteiger partial charge is 0.259 e. The standard InChI is InChI=1S/C19H19ClN6O/c1-14-16(17(20)26(23-14)15-6-3-2-4-7-15)18(27)24-10-12-25(13-11-24)19-21-8-5-9-22-19/h2-9H,10-13H2,1H3. The molecular weight excluding hydrogens is 364 g/mol. The van der Waals surface area contributed by atoms with E-state index in [1.54, 1.807) is 23.1 Å². The molecule has 0 spiro atoms. The number of hydrogen-bond acceptors (Lipinski definition) is 5. The van der Waals surface area contributed by atoms with Crippen molar-refractivity contribution in [2.75, 3.05) is 31.1 Å². The molecule has 138 valence electrons. The lowest BCUT2D eigenvalue weighted by Crippen LogP contribution is -2.49. The summed E-state index contributed by atoms with van der Waals surface area (Å²) in [5.74, 6) is 0.601. The number of halogens is 1. The van der Waals surface area contributed by atoms with Crippen molar-refractivity contribution in [1.29, 1.82) is 0 Å². The Bertz CT molecular complexity index is 936. The van der Waals surface area contributed by atoms with Crippen LogP contribution in [0.4, 0.5) is 5.95 Å². The lowest BCUT2D eigenvalue weighted by molar-refractivity contribution is 0.0745. The van der Waals surface area contributed by atoms with Crippen LogP contribution >= 0.6 is 11.6 Å². The summed E-state index contributed by atoms with van der Waals surface area (Å²) in [5, 5.41) is 4.81. The lowest BCUT2D eigenvalue weighted by atomic mass is 10.2. The van der Waals surface area contributed by atoms with Gasteiger partial charge in [0.15, 0.2) is 0 Å². The number of rotatable bonds is 3. The van der Waals surface area contributed by atoms with Gasteiger partial charge < -0.3 is 9.80 Å². The Morgan fingerprint density at radius 3 is 2.33 bits per heavy atom. The summed E-state index contributed by atoms with van der Waals surface area (Å²) < 4.78 is 1.61. The molecule has 1 saturated heterocycles. The highest BCUT2D eigenvalue weighted by molar-refractivity contribution is 6.33. The van der Waals surface area contributed by atoms with Crippen LogP contribution in [0.15, 0.2) is 48.8 Å². The first-order valence-electron chi connectivity index (χ1n) is 8.77. The maximum absolute atomic E-state index is 13.1. The van der Waals surface area contributed by atoms with Gasteiger partial charge in [-0.05, 0) is 25.1 Å². The Kier molecular flexibility index (Phi) is 4.77. The maximum atomic E-state index is 13.1. The van der Waals surface area contributed by atoms with Gasteiger partial charge in [-0.2, -0.15) is 5.10 Å². The zero-order valence-electron chi connectivity index (χ0n) is 14.9. The normalized spacial score (nSPS) is 14.4. The van der Waals surface area contributed by atoms with E-state index >= 15 is 0 Å². The van der Waals surface area contributed by atoms with Crippen LogP contribution in [0.25, 0.3) is 5.69 Å². The monoisotopic (exact) mass is 382 g/mol.